The molecular formula is C33H35INO4+. The number of methoxy groups -OCH3 is 2. The summed E-state index contributed by atoms with van der Waals surface area (Å²) in [5, 5.41) is 0. The number of likely N-dealkylation sites (N-methyl/N-ethyl adjacent to an activating group) is 1. The van der Waals surface area contributed by atoms with Crippen LogP contribution in [0.3, 0.4) is 0 Å². The Kier molecular flexibility index (Phi) is 9.87. The highest BCUT2D eigenvalue weighted by Crippen LogP contribution is 2.35. The summed E-state index contributed by atoms with van der Waals surface area (Å²) in [4.78, 5) is 0. The fourth-order valence-electron chi connectivity index (χ4n) is 4.81. The molecule has 0 aliphatic carbocycles. The van der Waals surface area contributed by atoms with Gasteiger partial charge in [0.2, 0.25) is 0 Å². The lowest BCUT2D eigenvalue weighted by Crippen LogP contribution is -2.29. The van der Waals surface area contributed by atoms with Gasteiger partial charge in [-0.2, -0.15) is 0 Å². The number of rotatable bonds is 10. The Morgan fingerprint density at radius 2 is 1.23 bits per heavy atom. The molecule has 202 valence electrons. The van der Waals surface area contributed by atoms with Gasteiger partial charge in [-0.25, -0.2) is 4.58 Å². The molecule has 0 radical (unpaired) electrons. The predicted molar refractivity (Wildman–Crippen MR) is 166 cm³/mol. The van der Waals surface area contributed by atoms with Gasteiger partial charge in [0.15, 0.2) is 28.7 Å². The molecule has 4 aromatic rings. The summed E-state index contributed by atoms with van der Waals surface area (Å²) >= 11 is 0. The van der Waals surface area contributed by atoms with Crippen LogP contribution in [0.2, 0.25) is 0 Å². The number of hydrogen-bond donors (Lipinski definition) is 0. The highest BCUT2D eigenvalue weighted by Gasteiger charge is 2.26. The van der Waals surface area contributed by atoms with E-state index in [1.165, 1.54) is 16.8 Å². The first-order valence-corrected chi connectivity index (χ1v) is 12.9. The van der Waals surface area contributed by atoms with Gasteiger partial charge in [-0.3, -0.25) is 0 Å². The lowest BCUT2D eigenvalue weighted by atomic mass is 9.92. The Balaban J connectivity index is 0.00000353. The molecule has 0 aromatic heterocycles. The van der Waals surface area contributed by atoms with E-state index in [0.717, 1.165) is 59.1 Å². The number of fused-ring (bicyclic) bond motifs is 1. The molecule has 1 heterocycles. The number of hydrogen-bond acceptors (Lipinski definition) is 4. The van der Waals surface area contributed by atoms with Gasteiger partial charge >= 0.3 is 0 Å². The van der Waals surface area contributed by atoms with Crippen molar-refractivity contribution in [1.82, 2.24) is 0 Å². The Morgan fingerprint density at radius 3 is 1.85 bits per heavy atom. The van der Waals surface area contributed by atoms with E-state index in [2.05, 4.69) is 60.2 Å². The van der Waals surface area contributed by atoms with Crippen molar-refractivity contribution in [3.8, 4) is 23.0 Å². The summed E-state index contributed by atoms with van der Waals surface area (Å²) in [7, 11) is 5.54. The van der Waals surface area contributed by atoms with E-state index in [-0.39, 0.29) is 24.0 Å². The SMILES string of the molecule is COc1cc(CC2=[N+](C)CCc3cc(OC)c(OCc4ccccc4)cc32)ccc1OCc1ccccc1.I. The van der Waals surface area contributed by atoms with E-state index in [9.17, 15) is 0 Å². The van der Waals surface area contributed by atoms with Gasteiger partial charge in [0.25, 0.3) is 0 Å². The minimum absolute atomic E-state index is 0. The van der Waals surface area contributed by atoms with E-state index < -0.39 is 0 Å². The second-order valence-corrected chi connectivity index (χ2v) is 9.49. The molecule has 1 aliphatic heterocycles. The van der Waals surface area contributed by atoms with Crippen LogP contribution in [-0.2, 0) is 26.1 Å². The summed E-state index contributed by atoms with van der Waals surface area (Å²) in [5.41, 5.74) is 7.12. The monoisotopic (exact) mass is 636 g/mol. The normalized spacial score (nSPS) is 12.3. The number of benzene rings is 4. The van der Waals surface area contributed by atoms with Crippen molar-refractivity contribution in [3.63, 3.8) is 0 Å². The Labute approximate surface area is 248 Å². The first kappa shape index (κ1) is 28.5. The zero-order valence-electron chi connectivity index (χ0n) is 22.7. The molecule has 6 heteroatoms. The fraction of sp³-hybridized carbons (Fsp3) is 0.242. The zero-order chi connectivity index (χ0) is 26.3. The number of halogens is 1. The molecule has 0 spiro atoms. The highest BCUT2D eigenvalue weighted by atomic mass is 127. The Bertz CT molecular complexity index is 1420. The molecule has 0 amide bonds. The number of ether oxygens (including phenoxy) is 4. The van der Waals surface area contributed by atoms with Gasteiger partial charge in [0.1, 0.15) is 26.8 Å². The Hall–Kier alpha value is -3.52. The molecule has 5 rings (SSSR count). The lowest BCUT2D eigenvalue weighted by Gasteiger charge is -2.20. The minimum atomic E-state index is 0. The van der Waals surface area contributed by atoms with Crippen molar-refractivity contribution in [1.29, 1.82) is 0 Å². The van der Waals surface area contributed by atoms with Gasteiger partial charge in [0.05, 0.1) is 20.6 Å². The molecule has 0 atom stereocenters. The fourth-order valence-corrected chi connectivity index (χ4v) is 4.81. The van der Waals surface area contributed by atoms with Crippen molar-refractivity contribution < 1.29 is 23.5 Å². The van der Waals surface area contributed by atoms with Crippen molar-refractivity contribution in [3.05, 3.63) is 119 Å². The van der Waals surface area contributed by atoms with Crippen LogP contribution in [0.5, 0.6) is 23.0 Å². The minimum Gasteiger partial charge on any atom is -0.493 e. The van der Waals surface area contributed by atoms with Crippen molar-refractivity contribution >= 4 is 29.7 Å². The summed E-state index contributed by atoms with van der Waals surface area (Å²) in [6.07, 6.45) is 1.73. The maximum atomic E-state index is 6.24. The molecule has 1 aliphatic rings. The summed E-state index contributed by atoms with van der Waals surface area (Å²) in [6.45, 7) is 1.94. The van der Waals surface area contributed by atoms with E-state index >= 15 is 0 Å². The van der Waals surface area contributed by atoms with Crippen LogP contribution in [0.25, 0.3) is 0 Å². The molecular weight excluding hydrogens is 601 g/mol. The molecule has 39 heavy (non-hydrogen) atoms. The standard InChI is InChI=1S/C33H34NO4.HI/c1-34-17-16-27-20-32(36-3)33(38-23-25-12-8-5-9-13-25)21-28(27)29(34)18-26-14-15-30(31(19-26)35-2)37-22-24-10-6-4-7-11-24;/h4-15,19-21H,16-18,22-23H2,1-3H3;1H/q+1;. The maximum absolute atomic E-state index is 6.24. The van der Waals surface area contributed by atoms with E-state index in [4.69, 9.17) is 18.9 Å². The van der Waals surface area contributed by atoms with Gasteiger partial charge in [-0.15, -0.1) is 24.0 Å². The van der Waals surface area contributed by atoms with Crippen molar-refractivity contribution in [2.24, 2.45) is 0 Å². The lowest BCUT2D eigenvalue weighted by molar-refractivity contribution is -0.498. The van der Waals surface area contributed by atoms with Crippen LogP contribution in [0.1, 0.15) is 27.8 Å². The summed E-state index contributed by atoms with van der Waals surface area (Å²) < 4.78 is 26.0. The van der Waals surface area contributed by atoms with Crippen LogP contribution >= 0.6 is 24.0 Å². The van der Waals surface area contributed by atoms with Crippen LogP contribution < -0.4 is 18.9 Å². The van der Waals surface area contributed by atoms with Crippen LogP contribution in [0, 0.1) is 0 Å². The smallest absolute Gasteiger partial charge is 0.187 e. The second kappa shape index (κ2) is 13.5. The molecule has 0 saturated heterocycles. The van der Waals surface area contributed by atoms with Gasteiger partial charge in [-0.1, -0.05) is 66.7 Å². The molecule has 5 nitrogen and oxygen atoms in total. The first-order chi connectivity index (χ1) is 18.6. The van der Waals surface area contributed by atoms with E-state index in [0.29, 0.717) is 13.2 Å². The molecule has 0 fully saturated rings. The van der Waals surface area contributed by atoms with Crippen LogP contribution in [0.4, 0.5) is 0 Å². The first-order valence-electron chi connectivity index (χ1n) is 12.9. The Morgan fingerprint density at radius 1 is 0.641 bits per heavy atom. The van der Waals surface area contributed by atoms with E-state index in [1.807, 2.05) is 42.5 Å². The average Bonchev–Trinajstić information content (AvgIpc) is 2.97. The van der Waals surface area contributed by atoms with Gasteiger partial charge in [-0.05, 0) is 46.5 Å². The topological polar surface area (TPSA) is 39.9 Å². The van der Waals surface area contributed by atoms with Gasteiger partial charge in [0, 0.05) is 12.0 Å². The third kappa shape index (κ3) is 6.92. The molecule has 0 bridgehead atoms. The third-order valence-electron chi connectivity index (χ3n) is 6.95. The van der Waals surface area contributed by atoms with Crippen LogP contribution in [-0.4, -0.2) is 38.1 Å². The quantitative estimate of drug-likeness (QED) is 0.143. The molecule has 0 saturated carbocycles. The van der Waals surface area contributed by atoms with Crippen LogP contribution in [0.15, 0.2) is 91.0 Å². The molecule has 0 N–H and O–H groups in total. The summed E-state index contributed by atoms with van der Waals surface area (Å²) in [5.74, 6) is 3.00. The maximum Gasteiger partial charge on any atom is 0.187 e. The molecule has 0 unspecified atom stereocenters. The number of nitrogens with zero attached hydrogens (tertiary/aromatic N) is 1. The van der Waals surface area contributed by atoms with Crippen molar-refractivity contribution in [2.45, 2.75) is 26.1 Å². The third-order valence-corrected chi connectivity index (χ3v) is 6.95. The zero-order valence-corrected chi connectivity index (χ0v) is 25.0. The molecule has 4 aromatic carbocycles. The summed E-state index contributed by atoms with van der Waals surface area (Å²) in [6, 6.07) is 30.8. The average molecular weight is 637 g/mol. The largest absolute Gasteiger partial charge is 0.493 e. The second-order valence-electron chi connectivity index (χ2n) is 9.49. The van der Waals surface area contributed by atoms with Gasteiger partial charge < -0.3 is 18.9 Å². The van der Waals surface area contributed by atoms with Crippen molar-refractivity contribution in [2.75, 3.05) is 27.8 Å². The predicted octanol–water partition coefficient (Wildman–Crippen LogP) is 6.71. The van der Waals surface area contributed by atoms with E-state index in [1.54, 1.807) is 14.2 Å². The highest BCUT2D eigenvalue weighted by molar-refractivity contribution is 14.0.